The number of ketones is 1. The van der Waals surface area contributed by atoms with Crippen LogP contribution in [-0.2, 0) is 9.53 Å². The second-order valence-corrected chi connectivity index (χ2v) is 5.98. The van der Waals surface area contributed by atoms with Gasteiger partial charge in [0.05, 0.1) is 7.11 Å². The fourth-order valence-corrected chi connectivity index (χ4v) is 2.63. The van der Waals surface area contributed by atoms with Gasteiger partial charge >= 0.3 is 5.97 Å². The van der Waals surface area contributed by atoms with Crippen molar-refractivity contribution in [3.8, 4) is 11.5 Å². The van der Waals surface area contributed by atoms with Crippen molar-refractivity contribution in [2.24, 2.45) is 0 Å². The first-order valence-corrected chi connectivity index (χ1v) is 8.78. The third kappa shape index (κ3) is 4.98. The summed E-state index contributed by atoms with van der Waals surface area (Å²) in [7, 11) is 1.57. The van der Waals surface area contributed by atoms with Crippen LogP contribution in [0.15, 0.2) is 84.9 Å². The molecular formula is C23H20O5. The summed E-state index contributed by atoms with van der Waals surface area (Å²) in [6.45, 7) is -0.308. The molecule has 3 rings (SSSR count). The van der Waals surface area contributed by atoms with Crippen LogP contribution in [-0.4, -0.2) is 25.5 Å². The van der Waals surface area contributed by atoms with Gasteiger partial charge in [-0.3, -0.25) is 4.79 Å². The predicted molar refractivity (Wildman–Crippen MR) is 105 cm³/mol. The van der Waals surface area contributed by atoms with E-state index in [1.165, 1.54) is 0 Å². The number of carbonyl (C=O) groups excluding carboxylic acids is 2. The summed E-state index contributed by atoms with van der Waals surface area (Å²) in [5.74, 6) is 0.273. The molecule has 1 atom stereocenters. The molecule has 0 N–H and O–H groups in total. The summed E-state index contributed by atoms with van der Waals surface area (Å²) < 4.78 is 16.0. The van der Waals surface area contributed by atoms with E-state index in [4.69, 9.17) is 14.2 Å². The summed E-state index contributed by atoms with van der Waals surface area (Å²) in [4.78, 5) is 25.2. The summed E-state index contributed by atoms with van der Waals surface area (Å²) >= 11 is 0. The fourth-order valence-electron chi connectivity index (χ4n) is 2.63. The lowest BCUT2D eigenvalue weighted by Gasteiger charge is -2.17. The average molecular weight is 376 g/mol. The summed E-state index contributed by atoms with van der Waals surface area (Å²) in [6.07, 6.45) is -1.03. The van der Waals surface area contributed by atoms with E-state index in [0.29, 0.717) is 22.6 Å². The van der Waals surface area contributed by atoms with Gasteiger partial charge in [-0.15, -0.1) is 0 Å². The maximum Gasteiger partial charge on any atom is 0.345 e. The number of ether oxygens (including phenoxy) is 3. The predicted octanol–water partition coefficient (Wildman–Crippen LogP) is 4.24. The van der Waals surface area contributed by atoms with Gasteiger partial charge in [0.1, 0.15) is 11.5 Å². The molecule has 5 nitrogen and oxygen atoms in total. The van der Waals surface area contributed by atoms with E-state index in [9.17, 15) is 9.59 Å². The van der Waals surface area contributed by atoms with Gasteiger partial charge in [0.2, 0.25) is 5.78 Å². The highest BCUT2D eigenvalue weighted by molar-refractivity contribution is 6.01. The highest BCUT2D eigenvalue weighted by Crippen LogP contribution is 2.23. The van der Waals surface area contributed by atoms with Crippen LogP contribution in [0.4, 0.5) is 0 Å². The fraction of sp³-hybridized carbons (Fsp3) is 0.130. The molecule has 28 heavy (non-hydrogen) atoms. The van der Waals surface area contributed by atoms with Gasteiger partial charge < -0.3 is 14.2 Å². The zero-order valence-electron chi connectivity index (χ0n) is 15.4. The molecule has 3 aromatic rings. The Hall–Kier alpha value is -3.60. The van der Waals surface area contributed by atoms with E-state index >= 15 is 0 Å². The molecule has 0 saturated heterocycles. The van der Waals surface area contributed by atoms with Gasteiger partial charge in [-0.05, 0) is 24.3 Å². The molecule has 0 aliphatic rings. The number of Topliss-reactive ketones (excluding diaryl/α,β-unsaturated/α-hetero) is 1. The van der Waals surface area contributed by atoms with Crippen molar-refractivity contribution in [3.63, 3.8) is 0 Å². The van der Waals surface area contributed by atoms with Gasteiger partial charge in [-0.2, -0.15) is 0 Å². The second-order valence-electron chi connectivity index (χ2n) is 5.98. The van der Waals surface area contributed by atoms with Gasteiger partial charge in [-0.25, -0.2) is 4.79 Å². The molecule has 1 unspecified atom stereocenters. The minimum absolute atomic E-state index is 0.287. The largest absolute Gasteiger partial charge is 0.497 e. The smallest absolute Gasteiger partial charge is 0.345 e. The Kier molecular flexibility index (Phi) is 6.41. The summed E-state index contributed by atoms with van der Waals surface area (Å²) in [5, 5.41) is 0. The van der Waals surface area contributed by atoms with Crippen molar-refractivity contribution in [3.05, 3.63) is 96.1 Å². The molecule has 0 saturated carbocycles. The topological polar surface area (TPSA) is 61.8 Å². The molecule has 0 spiro atoms. The summed E-state index contributed by atoms with van der Waals surface area (Å²) in [5.41, 5.74) is 1.08. The molecule has 0 radical (unpaired) electrons. The lowest BCUT2D eigenvalue weighted by Crippen LogP contribution is -2.23. The normalized spacial score (nSPS) is 11.3. The molecule has 0 amide bonds. The first kappa shape index (κ1) is 19.2. The molecular weight excluding hydrogens is 356 g/mol. The molecule has 0 aliphatic carbocycles. The number of hydrogen-bond acceptors (Lipinski definition) is 5. The van der Waals surface area contributed by atoms with E-state index in [1.54, 1.807) is 79.9 Å². The maximum atomic E-state index is 12.9. The molecule has 0 aromatic heterocycles. The van der Waals surface area contributed by atoms with Crippen LogP contribution < -0.4 is 9.47 Å². The van der Waals surface area contributed by atoms with Crippen molar-refractivity contribution in [2.45, 2.75) is 6.10 Å². The van der Waals surface area contributed by atoms with Crippen molar-refractivity contribution in [1.29, 1.82) is 0 Å². The van der Waals surface area contributed by atoms with Crippen LogP contribution in [0, 0.1) is 0 Å². The Balaban J connectivity index is 1.70. The van der Waals surface area contributed by atoms with Gasteiger partial charge in [0.25, 0.3) is 0 Å². The lowest BCUT2D eigenvalue weighted by atomic mass is 10.00. The van der Waals surface area contributed by atoms with Gasteiger partial charge in [0, 0.05) is 11.1 Å². The van der Waals surface area contributed by atoms with E-state index in [-0.39, 0.29) is 12.4 Å². The second kappa shape index (κ2) is 9.37. The Morgan fingerprint density at radius 1 is 0.786 bits per heavy atom. The van der Waals surface area contributed by atoms with Crippen LogP contribution in [0.25, 0.3) is 0 Å². The molecule has 5 heteroatoms. The number of hydrogen-bond donors (Lipinski definition) is 0. The minimum atomic E-state index is -1.03. The molecule has 0 aliphatic heterocycles. The minimum Gasteiger partial charge on any atom is -0.497 e. The number of methoxy groups -OCH3 is 1. The average Bonchev–Trinajstić information content (AvgIpc) is 2.77. The first-order chi connectivity index (χ1) is 13.7. The Bertz CT molecular complexity index is 905. The van der Waals surface area contributed by atoms with Gasteiger partial charge in [0.15, 0.2) is 12.7 Å². The van der Waals surface area contributed by atoms with Crippen molar-refractivity contribution >= 4 is 11.8 Å². The third-order valence-electron chi connectivity index (χ3n) is 4.06. The maximum absolute atomic E-state index is 12.9. The van der Waals surface area contributed by atoms with Crippen LogP contribution >= 0.6 is 0 Å². The standard InChI is InChI=1S/C23H20O5/c1-26-19-12-14-20(15-13-19)27-16-21(24)28-23(18-10-6-3-7-11-18)22(25)17-8-4-2-5-9-17/h2-15,23H,16H2,1H3. The van der Waals surface area contributed by atoms with Crippen molar-refractivity contribution < 1.29 is 23.8 Å². The quantitative estimate of drug-likeness (QED) is 0.435. The van der Waals surface area contributed by atoms with Crippen LogP contribution in [0.3, 0.4) is 0 Å². The van der Waals surface area contributed by atoms with Crippen LogP contribution in [0.1, 0.15) is 22.0 Å². The van der Waals surface area contributed by atoms with E-state index in [1.807, 2.05) is 12.1 Å². The number of benzene rings is 3. The third-order valence-corrected chi connectivity index (χ3v) is 4.06. The SMILES string of the molecule is COc1ccc(OCC(=O)OC(C(=O)c2ccccc2)c2ccccc2)cc1. The highest BCUT2D eigenvalue weighted by Gasteiger charge is 2.26. The Labute approximate surface area is 163 Å². The summed E-state index contributed by atoms with van der Waals surface area (Å²) in [6, 6.07) is 24.5. The molecule has 0 fully saturated rings. The molecule has 142 valence electrons. The molecule has 3 aromatic carbocycles. The van der Waals surface area contributed by atoms with E-state index in [0.717, 1.165) is 0 Å². The number of carbonyl (C=O) groups is 2. The highest BCUT2D eigenvalue weighted by atomic mass is 16.6. The van der Waals surface area contributed by atoms with Crippen LogP contribution in [0.2, 0.25) is 0 Å². The van der Waals surface area contributed by atoms with E-state index < -0.39 is 12.1 Å². The monoisotopic (exact) mass is 376 g/mol. The van der Waals surface area contributed by atoms with Crippen molar-refractivity contribution in [2.75, 3.05) is 13.7 Å². The van der Waals surface area contributed by atoms with Gasteiger partial charge in [-0.1, -0.05) is 60.7 Å². The first-order valence-electron chi connectivity index (χ1n) is 8.78. The Morgan fingerprint density at radius 2 is 1.36 bits per heavy atom. The molecule has 0 bridgehead atoms. The van der Waals surface area contributed by atoms with Crippen molar-refractivity contribution in [1.82, 2.24) is 0 Å². The lowest BCUT2D eigenvalue weighted by molar-refractivity contribution is -0.149. The number of esters is 1. The van der Waals surface area contributed by atoms with E-state index in [2.05, 4.69) is 0 Å². The zero-order valence-corrected chi connectivity index (χ0v) is 15.4. The van der Waals surface area contributed by atoms with Crippen LogP contribution in [0.5, 0.6) is 11.5 Å². The Morgan fingerprint density at radius 3 is 1.96 bits per heavy atom. The zero-order chi connectivity index (χ0) is 19.8. The molecule has 0 heterocycles. The number of rotatable bonds is 8.